The molecule has 65 heavy (non-hydrogen) atoms. The zero-order chi connectivity index (χ0) is 45.8. The van der Waals surface area contributed by atoms with Gasteiger partial charge in [0.25, 0.3) is 0 Å². The lowest BCUT2D eigenvalue weighted by Crippen LogP contribution is -2.68. The van der Waals surface area contributed by atoms with Crippen molar-refractivity contribution >= 4 is 11.3 Å². The van der Waals surface area contributed by atoms with E-state index in [0.717, 1.165) is 62.6 Å². The Kier molecular flexibility index (Phi) is 15.3. The van der Waals surface area contributed by atoms with E-state index in [9.17, 15) is 0 Å². The molecule has 0 unspecified atom stereocenters. The quantitative estimate of drug-likeness (QED) is 0.181. The van der Waals surface area contributed by atoms with Gasteiger partial charge in [-0.25, -0.2) is 37.3 Å². The Bertz CT molecular complexity index is 2760. The molecule has 6 aromatic carbocycles. The third-order valence-corrected chi connectivity index (χ3v) is 10.9. The minimum Gasteiger partial charge on any atom is -0.222 e. The van der Waals surface area contributed by atoms with E-state index in [2.05, 4.69) is 215 Å². The van der Waals surface area contributed by atoms with E-state index in [4.69, 9.17) is 47.5 Å². The van der Waals surface area contributed by atoms with Crippen molar-refractivity contribution in [2.75, 3.05) is 0 Å². The molecule has 0 atom stereocenters. The number of pyridine rings is 2. The summed E-state index contributed by atoms with van der Waals surface area (Å²) in [5, 5.41) is 11.6. The number of nitrogens with zero attached hydrogens (tertiary/aromatic N) is 4. The van der Waals surface area contributed by atoms with Crippen molar-refractivity contribution in [1.82, 2.24) is 10.2 Å². The summed E-state index contributed by atoms with van der Waals surface area (Å²) in [4.78, 5) is 0. The van der Waals surface area contributed by atoms with Crippen LogP contribution in [0.3, 0.4) is 0 Å². The molecule has 0 spiro atoms. The van der Waals surface area contributed by atoms with Gasteiger partial charge in [-0.2, -0.15) is 9.13 Å². The molecule has 0 aliphatic carbocycles. The Morgan fingerprint density at radius 2 is 0.631 bits per heavy atom. The first-order valence-electron chi connectivity index (χ1n) is 19.9. The third kappa shape index (κ3) is 13.2. The summed E-state index contributed by atoms with van der Waals surface area (Å²) in [5.41, 5.74) is 13.7. The van der Waals surface area contributed by atoms with Gasteiger partial charge in [-0.3, -0.25) is 0 Å². The van der Waals surface area contributed by atoms with Crippen molar-refractivity contribution in [2.24, 2.45) is 0 Å². The average Bonchev–Trinajstić information content (AvgIpc) is 3.79. The highest BCUT2D eigenvalue weighted by molar-refractivity contribution is 7.13. The normalized spacial score (nSPS) is 11.2. The predicted molar refractivity (Wildman–Crippen MR) is 224 cm³/mol. The fourth-order valence-electron chi connectivity index (χ4n) is 7.24. The van der Waals surface area contributed by atoms with E-state index in [-0.39, 0.29) is 0 Å². The van der Waals surface area contributed by atoms with Crippen LogP contribution in [0.1, 0.15) is 5.01 Å². The molecular weight excluding hydrogens is 888 g/mol. The van der Waals surface area contributed by atoms with Crippen LogP contribution in [0.5, 0.6) is 0 Å². The first-order valence-corrected chi connectivity index (χ1v) is 23.1. The van der Waals surface area contributed by atoms with Crippen LogP contribution in [0.15, 0.2) is 206 Å². The van der Waals surface area contributed by atoms with Crippen molar-refractivity contribution in [2.45, 2.75) is 13.0 Å². The van der Waals surface area contributed by atoms with Gasteiger partial charge < -0.3 is 0 Å². The second kappa shape index (κ2) is 21.4. The van der Waals surface area contributed by atoms with Gasteiger partial charge >= 0.3 is 5.13 Å². The summed E-state index contributed by atoms with van der Waals surface area (Å²) in [6.07, 6.45) is 0.719. The van der Waals surface area contributed by atoms with Crippen LogP contribution in [-0.4, -0.2) is 10.2 Å². The molecule has 9 aromatic rings. The maximum Gasteiger partial charge on any atom is 0.415 e. The number of aromatic nitrogens is 4. The second-order valence-electron chi connectivity index (χ2n) is 14.2. The molecule has 0 aliphatic heterocycles. The van der Waals surface area contributed by atoms with Crippen LogP contribution in [0.4, 0.5) is 0 Å². The highest BCUT2D eigenvalue weighted by Crippen LogP contribution is 2.32. The molecule has 0 saturated heterocycles. The van der Waals surface area contributed by atoms with Gasteiger partial charge in [0, 0.05) is 34.4 Å². The minimum atomic E-state index is -4.94. The molecule has 9 rings (SSSR count). The molecule has 3 aromatic heterocycles. The minimum absolute atomic E-state index is 0.719. The summed E-state index contributed by atoms with van der Waals surface area (Å²) in [5.74, 6) is 0. The Balaban J connectivity index is 0.000000571. The van der Waals surface area contributed by atoms with Gasteiger partial charge in [0.05, 0.1) is 11.5 Å². The van der Waals surface area contributed by atoms with E-state index in [0.29, 0.717) is 0 Å². The van der Waals surface area contributed by atoms with E-state index < -0.39 is 20.5 Å². The SMILES string of the molecule is [O-][Cl+3]([O-])([O-])[O-].[O-][Cl+3]([O-])([O-])[O-].c1ccc(-c2cc(-c3ccccc3)[n+](CCc3nnc(-[n+]4c(-c5ccccc5)cc(-c5ccccc5)cc4-c4ccccc4)s3)c(-c3ccccc3)c2)cc1. The fourth-order valence-corrected chi connectivity index (χ4v) is 8.10. The van der Waals surface area contributed by atoms with Crippen LogP contribution in [0.25, 0.3) is 72.4 Å². The summed E-state index contributed by atoms with van der Waals surface area (Å²) in [6, 6.07) is 73.0. The van der Waals surface area contributed by atoms with E-state index in [1.165, 1.54) is 27.8 Å². The van der Waals surface area contributed by atoms with Crippen molar-refractivity contribution in [3.05, 3.63) is 211 Å². The lowest BCUT2D eigenvalue weighted by molar-refractivity contribution is -2.00. The molecule has 0 radical (unpaired) electrons. The first kappa shape index (κ1) is 46.4. The van der Waals surface area contributed by atoms with Crippen LogP contribution >= 0.6 is 11.3 Å². The fraction of sp³-hybridized carbons (Fsp3) is 0.0400. The third-order valence-electron chi connectivity index (χ3n) is 9.92. The maximum atomic E-state index is 8.49. The lowest BCUT2D eigenvalue weighted by Gasteiger charge is -2.17. The van der Waals surface area contributed by atoms with Gasteiger partial charge in [-0.05, 0) is 75.1 Å². The Morgan fingerprint density at radius 1 is 0.354 bits per heavy atom. The van der Waals surface area contributed by atoms with Crippen molar-refractivity contribution in [3.8, 4) is 72.4 Å². The van der Waals surface area contributed by atoms with Gasteiger partial charge in [0.1, 0.15) is 11.4 Å². The lowest BCUT2D eigenvalue weighted by atomic mass is 9.99. The topological polar surface area (TPSA) is 218 Å². The van der Waals surface area contributed by atoms with Crippen LogP contribution < -0.4 is 46.4 Å². The predicted octanol–water partition coefficient (Wildman–Crippen LogP) is 1.83. The summed E-state index contributed by atoms with van der Waals surface area (Å²) >= 11 is 1.66. The highest BCUT2D eigenvalue weighted by Gasteiger charge is 2.28. The molecule has 0 bridgehead atoms. The van der Waals surface area contributed by atoms with Crippen molar-refractivity contribution < 1.29 is 66.9 Å². The molecule has 3 heterocycles. The van der Waals surface area contributed by atoms with Crippen LogP contribution in [0.2, 0.25) is 0 Å². The summed E-state index contributed by atoms with van der Waals surface area (Å²) in [6.45, 7) is 0.729. The number of halogens is 2. The van der Waals surface area contributed by atoms with Gasteiger partial charge in [-0.15, -0.1) is 20.5 Å². The van der Waals surface area contributed by atoms with Gasteiger partial charge in [0.15, 0.2) is 11.6 Å². The van der Waals surface area contributed by atoms with Crippen LogP contribution in [0, 0.1) is 20.5 Å². The molecule has 0 saturated carbocycles. The summed E-state index contributed by atoms with van der Waals surface area (Å²) in [7, 11) is -9.89. The zero-order valence-corrected chi connectivity index (χ0v) is 36.6. The highest BCUT2D eigenvalue weighted by atomic mass is 35.7. The first-order chi connectivity index (χ1) is 31.3. The van der Waals surface area contributed by atoms with Crippen molar-refractivity contribution in [3.63, 3.8) is 0 Å². The van der Waals surface area contributed by atoms with Crippen molar-refractivity contribution in [1.29, 1.82) is 0 Å². The van der Waals surface area contributed by atoms with E-state index in [1.807, 2.05) is 0 Å². The number of aryl methyl sites for hydroxylation is 1. The molecule has 0 N–H and O–H groups in total. The van der Waals surface area contributed by atoms with E-state index >= 15 is 0 Å². The van der Waals surface area contributed by atoms with Gasteiger partial charge in [0.2, 0.25) is 11.4 Å². The average molecular weight is 926 g/mol. The molecule has 326 valence electrons. The Hall–Kier alpha value is -6.56. The molecule has 0 fully saturated rings. The number of benzene rings is 6. The largest absolute Gasteiger partial charge is 0.415 e. The monoisotopic (exact) mass is 924 g/mol. The number of rotatable bonds is 10. The standard InChI is InChI=1S/C50H38N4S.2ClHO4/c1-7-19-37(20-8-1)43-33-45(39-23-11-3-12-24-39)53(46(34-43)40-25-13-4-14-26-40)32-31-49-51-52-50(55-49)54-47(41-27-15-5-16-28-41)35-44(38-21-9-2-10-22-38)36-48(54)42-29-17-6-18-30-42;2*2-1(3,4)5/h1-30,33-36H,31-32H2;2*(H,2,3,4,5)/q+2;;/p-2. The second-order valence-corrected chi connectivity index (χ2v) is 16.7. The smallest absolute Gasteiger partial charge is 0.222 e. The Labute approximate surface area is 383 Å². The zero-order valence-electron chi connectivity index (χ0n) is 34.3. The molecule has 0 aliphatic rings. The molecule has 15 heteroatoms. The number of hydrogen-bond donors (Lipinski definition) is 0. The molecule has 12 nitrogen and oxygen atoms in total. The summed E-state index contributed by atoms with van der Waals surface area (Å²) < 4.78 is 72.7. The van der Waals surface area contributed by atoms with Crippen LogP contribution in [-0.2, 0) is 13.0 Å². The molecular formula is C50H38Cl2N4O8S. The van der Waals surface area contributed by atoms with E-state index in [1.54, 1.807) is 11.3 Å². The Morgan fingerprint density at radius 3 is 0.954 bits per heavy atom. The maximum absolute atomic E-state index is 8.49. The number of hydrogen-bond acceptors (Lipinski definition) is 11. The molecule has 0 amide bonds. The van der Waals surface area contributed by atoms with Gasteiger partial charge in [-0.1, -0.05) is 158 Å².